The molecule has 1 aromatic heterocycles. The van der Waals surface area contributed by atoms with Crippen LogP contribution < -0.4 is 21.3 Å². The summed E-state index contributed by atoms with van der Waals surface area (Å²) in [5, 5.41) is 10.9. The van der Waals surface area contributed by atoms with E-state index in [4.69, 9.17) is 4.74 Å². The fourth-order valence-corrected chi connectivity index (χ4v) is 6.26. The van der Waals surface area contributed by atoms with Crippen LogP contribution >= 0.6 is 21.6 Å². The number of nitrogens with zero attached hydrogens (tertiary/aromatic N) is 1. The standard InChI is InChI=1S/C25H31N5O6S2/c31-20-12-17-3-1-2-10-37-38-14-19(29-23(33)18(28-20)11-15-6-8-26-9-7-15)24(34)30-22(16-4-5-16)25(35)27-13-21(32)36-17/h1,3,6-9,16-19,22H,2,4-5,10-14H2,(H,27,35)(H,28,31)(H,29,33)(H,30,34)/b3-1-/t17-,18-,19-,22?/m1/s1. The number of hydrogen-bond acceptors (Lipinski definition) is 9. The van der Waals surface area contributed by atoms with Crippen LogP contribution in [0.5, 0.6) is 0 Å². The molecule has 3 aliphatic rings. The lowest BCUT2D eigenvalue weighted by atomic mass is 10.0. The lowest BCUT2D eigenvalue weighted by molar-refractivity contribution is -0.148. The Hall–Kier alpha value is -3.06. The topological polar surface area (TPSA) is 156 Å². The minimum atomic E-state index is -0.987. The van der Waals surface area contributed by atoms with E-state index in [1.54, 1.807) is 41.4 Å². The normalized spacial score (nSPS) is 29.1. The number of hydrogen-bond donors (Lipinski definition) is 4. The minimum Gasteiger partial charge on any atom is -0.456 e. The lowest BCUT2D eigenvalue weighted by Crippen LogP contribution is -2.58. The van der Waals surface area contributed by atoms with E-state index in [0.717, 1.165) is 18.4 Å². The fraction of sp³-hybridized carbons (Fsp3) is 0.520. The van der Waals surface area contributed by atoms with E-state index in [1.165, 1.54) is 10.8 Å². The first kappa shape index (κ1) is 28.0. The Morgan fingerprint density at radius 1 is 0.947 bits per heavy atom. The zero-order valence-corrected chi connectivity index (χ0v) is 22.4. The minimum absolute atomic E-state index is 0.0382. The van der Waals surface area contributed by atoms with Crippen molar-refractivity contribution in [2.45, 2.75) is 56.3 Å². The highest BCUT2D eigenvalue weighted by molar-refractivity contribution is 8.76. The van der Waals surface area contributed by atoms with Gasteiger partial charge in [0, 0.05) is 30.3 Å². The van der Waals surface area contributed by atoms with Crippen LogP contribution in [0.4, 0.5) is 0 Å². The van der Waals surface area contributed by atoms with Crippen LogP contribution in [-0.4, -0.2) is 76.9 Å². The second kappa shape index (κ2) is 13.7. The fourth-order valence-electron chi connectivity index (χ4n) is 4.10. The van der Waals surface area contributed by atoms with Gasteiger partial charge in [-0.3, -0.25) is 29.0 Å². The van der Waals surface area contributed by atoms with E-state index in [0.29, 0.717) is 12.2 Å². The molecule has 2 aliphatic heterocycles. The van der Waals surface area contributed by atoms with Crippen molar-refractivity contribution in [3.8, 4) is 0 Å². The Labute approximate surface area is 228 Å². The summed E-state index contributed by atoms with van der Waals surface area (Å²) in [4.78, 5) is 69.2. The molecule has 0 aromatic carbocycles. The Kier molecular flexibility index (Phi) is 10.0. The number of carbonyl (C=O) groups excluding carboxylic acids is 5. The molecule has 38 heavy (non-hydrogen) atoms. The maximum absolute atomic E-state index is 13.4. The third-order valence-corrected chi connectivity index (χ3v) is 8.71. The third kappa shape index (κ3) is 8.48. The van der Waals surface area contributed by atoms with Crippen molar-refractivity contribution in [1.29, 1.82) is 0 Å². The van der Waals surface area contributed by atoms with E-state index >= 15 is 0 Å². The van der Waals surface area contributed by atoms with Crippen LogP contribution in [0, 0.1) is 5.92 Å². The molecule has 11 nitrogen and oxygen atoms in total. The molecule has 13 heteroatoms. The summed E-state index contributed by atoms with van der Waals surface area (Å²) in [5.74, 6) is -1.76. The Morgan fingerprint density at radius 2 is 1.74 bits per heavy atom. The number of allylic oxidation sites excluding steroid dienone is 1. The first-order valence-corrected chi connectivity index (χ1v) is 15.0. The molecule has 0 spiro atoms. The number of pyridine rings is 1. The molecule has 2 fully saturated rings. The summed E-state index contributed by atoms with van der Waals surface area (Å²) < 4.78 is 5.49. The van der Waals surface area contributed by atoms with Crippen molar-refractivity contribution in [3.05, 3.63) is 42.2 Å². The second-order valence-corrected chi connectivity index (χ2v) is 12.0. The second-order valence-electron chi connectivity index (χ2n) is 9.34. The maximum Gasteiger partial charge on any atom is 0.326 e. The third-order valence-electron chi connectivity index (χ3n) is 6.26. The van der Waals surface area contributed by atoms with Crippen LogP contribution in [0.15, 0.2) is 36.7 Å². The highest BCUT2D eigenvalue weighted by atomic mass is 33.1. The number of rotatable bonds is 3. The lowest BCUT2D eigenvalue weighted by Gasteiger charge is -2.26. The number of ether oxygens (including phenoxy) is 1. The first-order chi connectivity index (χ1) is 18.4. The highest BCUT2D eigenvalue weighted by Crippen LogP contribution is 2.33. The van der Waals surface area contributed by atoms with E-state index in [1.807, 2.05) is 6.08 Å². The Bertz CT molecular complexity index is 1070. The summed E-state index contributed by atoms with van der Waals surface area (Å²) in [6.07, 6.45) is 7.97. The Morgan fingerprint density at radius 3 is 2.50 bits per heavy atom. The average Bonchev–Trinajstić information content (AvgIpc) is 3.73. The van der Waals surface area contributed by atoms with Crippen molar-refractivity contribution in [2.24, 2.45) is 5.92 Å². The van der Waals surface area contributed by atoms with Crippen molar-refractivity contribution in [1.82, 2.24) is 26.3 Å². The predicted octanol–water partition coefficient (Wildman–Crippen LogP) is 0.262. The number of nitrogens with one attached hydrogen (secondary N) is 4. The van der Waals surface area contributed by atoms with E-state index in [9.17, 15) is 24.0 Å². The van der Waals surface area contributed by atoms with Crippen molar-refractivity contribution in [2.75, 3.05) is 18.1 Å². The molecule has 4 rings (SSSR count). The summed E-state index contributed by atoms with van der Waals surface area (Å²) >= 11 is 0. The van der Waals surface area contributed by atoms with Gasteiger partial charge in [-0.15, -0.1) is 0 Å². The molecule has 1 saturated heterocycles. The number of esters is 1. The van der Waals surface area contributed by atoms with Gasteiger partial charge >= 0.3 is 5.97 Å². The van der Waals surface area contributed by atoms with Crippen LogP contribution in [-0.2, 0) is 35.1 Å². The number of amides is 4. The molecule has 1 unspecified atom stereocenters. The van der Waals surface area contributed by atoms with Gasteiger partial charge in [0.1, 0.15) is 30.8 Å². The maximum atomic E-state index is 13.4. The van der Waals surface area contributed by atoms with Crippen molar-refractivity contribution in [3.63, 3.8) is 0 Å². The molecule has 3 heterocycles. The van der Waals surface area contributed by atoms with Gasteiger partial charge in [-0.2, -0.15) is 0 Å². The van der Waals surface area contributed by atoms with Crippen LogP contribution in [0.2, 0.25) is 0 Å². The summed E-state index contributed by atoms with van der Waals surface area (Å²) in [7, 11) is 2.98. The molecular weight excluding hydrogens is 530 g/mol. The van der Waals surface area contributed by atoms with Crippen molar-refractivity contribution < 1.29 is 28.7 Å². The molecule has 4 amide bonds. The van der Waals surface area contributed by atoms with Gasteiger partial charge in [-0.1, -0.05) is 27.7 Å². The number of fused-ring (bicyclic) bond motifs is 7. The first-order valence-electron chi connectivity index (χ1n) is 12.6. The zero-order chi connectivity index (χ0) is 26.9. The molecule has 0 radical (unpaired) electrons. The van der Waals surface area contributed by atoms with Crippen LogP contribution in [0.1, 0.15) is 31.2 Å². The quantitative estimate of drug-likeness (QED) is 0.231. The van der Waals surface area contributed by atoms with E-state index in [-0.39, 0.29) is 31.1 Å². The predicted molar refractivity (Wildman–Crippen MR) is 143 cm³/mol. The smallest absolute Gasteiger partial charge is 0.326 e. The SMILES string of the molecule is O=C1C[C@H]2/C=C\CCSSC[C@@H](NC(=O)[C@@H](Cc3ccncc3)N1)C(=O)NC(C1CC1)C(=O)NCC(=O)O2. The highest BCUT2D eigenvalue weighted by Gasteiger charge is 2.39. The molecule has 2 bridgehead atoms. The largest absolute Gasteiger partial charge is 0.456 e. The summed E-state index contributed by atoms with van der Waals surface area (Å²) in [5.41, 5.74) is 0.770. The van der Waals surface area contributed by atoms with Gasteiger partial charge in [0.25, 0.3) is 0 Å². The summed E-state index contributed by atoms with van der Waals surface area (Å²) in [6.45, 7) is -0.388. The monoisotopic (exact) mass is 561 g/mol. The molecular formula is C25H31N5O6S2. The van der Waals surface area contributed by atoms with Crippen LogP contribution in [0.3, 0.4) is 0 Å². The molecule has 204 valence electrons. The average molecular weight is 562 g/mol. The molecule has 1 aliphatic carbocycles. The number of carbonyl (C=O) groups is 5. The summed E-state index contributed by atoms with van der Waals surface area (Å²) in [6, 6.07) is 0.739. The van der Waals surface area contributed by atoms with Gasteiger partial charge in [0.15, 0.2) is 0 Å². The van der Waals surface area contributed by atoms with Gasteiger partial charge in [-0.05, 0) is 49.0 Å². The van der Waals surface area contributed by atoms with Gasteiger partial charge < -0.3 is 26.0 Å². The van der Waals surface area contributed by atoms with Crippen LogP contribution in [0.25, 0.3) is 0 Å². The van der Waals surface area contributed by atoms with Gasteiger partial charge in [0.05, 0.1) is 6.42 Å². The Balaban J connectivity index is 1.65. The molecule has 4 N–H and O–H groups in total. The molecule has 1 saturated carbocycles. The van der Waals surface area contributed by atoms with Gasteiger partial charge in [0.2, 0.25) is 23.6 Å². The zero-order valence-electron chi connectivity index (χ0n) is 20.7. The molecule has 1 aromatic rings. The number of aromatic nitrogens is 1. The van der Waals surface area contributed by atoms with Gasteiger partial charge in [-0.25, -0.2) is 0 Å². The molecule has 4 atom stereocenters. The van der Waals surface area contributed by atoms with E-state index in [2.05, 4.69) is 26.3 Å². The van der Waals surface area contributed by atoms with E-state index < -0.39 is 53.8 Å². The van der Waals surface area contributed by atoms with Crippen molar-refractivity contribution >= 4 is 51.2 Å².